The third-order valence-electron chi connectivity index (χ3n) is 2.83. The quantitative estimate of drug-likeness (QED) is 0.587. The number of aryl methyl sites for hydroxylation is 2. The molecule has 2 aromatic rings. The molecule has 0 bridgehead atoms. The molecule has 0 spiro atoms. The lowest BCUT2D eigenvalue weighted by Crippen LogP contribution is -2.13. The second-order valence-electron chi connectivity index (χ2n) is 4.26. The van der Waals surface area contributed by atoms with Gasteiger partial charge in [-0.1, -0.05) is 0 Å². The summed E-state index contributed by atoms with van der Waals surface area (Å²) in [6.45, 7) is 6.36. The number of hydrogen-bond donors (Lipinski definition) is 3. The maximum atomic E-state index is 5.39. The molecule has 0 aromatic carbocycles. The van der Waals surface area contributed by atoms with Crippen molar-refractivity contribution in [3.8, 4) is 0 Å². The van der Waals surface area contributed by atoms with Crippen molar-refractivity contribution in [2.24, 2.45) is 5.84 Å². The van der Waals surface area contributed by atoms with Gasteiger partial charge in [0.15, 0.2) is 5.82 Å². The third kappa shape index (κ3) is 3.05. The Kier molecular flexibility index (Phi) is 4.38. The molecule has 2 aromatic heterocycles. The van der Waals surface area contributed by atoms with Crippen LogP contribution in [0.5, 0.6) is 0 Å². The molecular formula is C12H16BrN5S. The molecule has 5 nitrogen and oxygen atoms in total. The van der Waals surface area contributed by atoms with Gasteiger partial charge in [-0.05, 0) is 48.3 Å². The van der Waals surface area contributed by atoms with Crippen molar-refractivity contribution in [3.63, 3.8) is 0 Å². The van der Waals surface area contributed by atoms with Crippen LogP contribution in [0.2, 0.25) is 0 Å². The summed E-state index contributed by atoms with van der Waals surface area (Å²) in [5.41, 5.74) is 3.82. The van der Waals surface area contributed by atoms with Gasteiger partial charge in [0.25, 0.3) is 0 Å². The second-order valence-corrected chi connectivity index (χ2v) is 6.52. The van der Waals surface area contributed by atoms with Crippen molar-refractivity contribution < 1.29 is 0 Å². The third-order valence-corrected chi connectivity index (χ3v) is 4.56. The molecule has 102 valence electrons. The number of halogens is 1. The van der Waals surface area contributed by atoms with Crippen LogP contribution in [0, 0.1) is 13.8 Å². The summed E-state index contributed by atoms with van der Waals surface area (Å²) in [5, 5.41) is 3.37. The van der Waals surface area contributed by atoms with Gasteiger partial charge in [0.05, 0.1) is 6.04 Å². The van der Waals surface area contributed by atoms with Crippen molar-refractivity contribution in [1.29, 1.82) is 0 Å². The van der Waals surface area contributed by atoms with Crippen molar-refractivity contribution in [1.82, 2.24) is 9.97 Å². The fraction of sp³-hybridized carbons (Fsp3) is 0.333. The lowest BCUT2D eigenvalue weighted by molar-refractivity contribution is 0.867. The van der Waals surface area contributed by atoms with Crippen LogP contribution in [0.4, 0.5) is 11.6 Å². The summed E-state index contributed by atoms with van der Waals surface area (Å²) < 4.78 is 0.731. The zero-order valence-electron chi connectivity index (χ0n) is 11.0. The number of thiophene rings is 1. The predicted molar refractivity (Wildman–Crippen MR) is 83.4 cm³/mol. The fourth-order valence-electron chi connectivity index (χ4n) is 1.93. The first kappa shape index (κ1) is 14.2. The molecule has 7 heteroatoms. The zero-order chi connectivity index (χ0) is 14.0. The molecule has 0 fully saturated rings. The number of hydrazine groups is 1. The van der Waals surface area contributed by atoms with Crippen molar-refractivity contribution >= 4 is 38.9 Å². The number of nitrogens with two attached hydrogens (primary N) is 1. The number of anilines is 2. The molecule has 0 saturated carbocycles. The highest BCUT2D eigenvalue weighted by atomic mass is 79.9. The molecule has 1 unspecified atom stereocenters. The summed E-state index contributed by atoms with van der Waals surface area (Å²) in [4.78, 5) is 10.9. The minimum Gasteiger partial charge on any atom is -0.362 e. The van der Waals surface area contributed by atoms with Gasteiger partial charge in [-0.15, -0.1) is 11.3 Å². The number of nitrogens with one attached hydrogen (secondary N) is 2. The predicted octanol–water partition coefficient (Wildman–Crippen LogP) is 3.38. The molecule has 0 saturated heterocycles. The monoisotopic (exact) mass is 341 g/mol. The van der Waals surface area contributed by atoms with Crippen molar-refractivity contribution in [2.75, 3.05) is 10.7 Å². The van der Waals surface area contributed by atoms with E-state index in [9.17, 15) is 0 Å². The molecular weight excluding hydrogens is 326 g/mol. The molecule has 4 N–H and O–H groups in total. The van der Waals surface area contributed by atoms with E-state index >= 15 is 0 Å². The molecule has 1 atom stereocenters. The van der Waals surface area contributed by atoms with E-state index in [0.717, 1.165) is 10.3 Å². The molecule has 2 rings (SSSR count). The number of aromatic nitrogens is 2. The summed E-state index contributed by atoms with van der Waals surface area (Å²) in [5.74, 6) is 6.67. The number of nitrogen functional groups attached to an aromatic ring is 1. The molecule has 19 heavy (non-hydrogen) atoms. The Morgan fingerprint density at radius 2 is 2.00 bits per heavy atom. The van der Waals surface area contributed by atoms with Gasteiger partial charge < -0.3 is 10.7 Å². The smallest absolute Gasteiger partial charge is 0.159 e. The molecule has 0 aliphatic rings. The molecule has 0 amide bonds. The lowest BCUT2D eigenvalue weighted by Gasteiger charge is -2.16. The zero-order valence-corrected chi connectivity index (χ0v) is 13.4. The van der Waals surface area contributed by atoms with Crippen LogP contribution in [0.25, 0.3) is 0 Å². The lowest BCUT2D eigenvalue weighted by atomic mass is 10.1. The number of nitrogens with zero attached hydrogens (tertiary/aromatic N) is 2. The van der Waals surface area contributed by atoms with E-state index in [1.165, 1.54) is 21.6 Å². The highest BCUT2D eigenvalue weighted by Crippen LogP contribution is 2.31. The van der Waals surface area contributed by atoms with E-state index in [1.54, 1.807) is 11.3 Å². The van der Waals surface area contributed by atoms with E-state index in [4.69, 9.17) is 5.84 Å². The minimum absolute atomic E-state index is 0.168. The normalized spacial score (nSPS) is 12.3. The van der Waals surface area contributed by atoms with Gasteiger partial charge in [0.2, 0.25) is 0 Å². The van der Waals surface area contributed by atoms with E-state index in [-0.39, 0.29) is 6.04 Å². The van der Waals surface area contributed by atoms with E-state index in [2.05, 4.69) is 63.5 Å². The van der Waals surface area contributed by atoms with Crippen LogP contribution in [0.15, 0.2) is 16.9 Å². The molecule has 0 aliphatic carbocycles. The van der Waals surface area contributed by atoms with Crippen LogP contribution in [-0.2, 0) is 0 Å². The van der Waals surface area contributed by atoms with Gasteiger partial charge in [-0.3, -0.25) is 0 Å². The topological polar surface area (TPSA) is 75.9 Å². The number of hydrogen-bond acceptors (Lipinski definition) is 6. The Hall–Kier alpha value is -1.18. The van der Waals surface area contributed by atoms with Gasteiger partial charge >= 0.3 is 0 Å². The minimum atomic E-state index is 0.168. The molecule has 0 aliphatic heterocycles. The van der Waals surface area contributed by atoms with Crippen molar-refractivity contribution in [2.45, 2.75) is 26.8 Å². The first-order valence-corrected chi connectivity index (χ1v) is 7.44. The first-order chi connectivity index (χ1) is 9.02. The average molecular weight is 342 g/mol. The van der Waals surface area contributed by atoms with Gasteiger partial charge in [-0.25, -0.2) is 15.8 Å². The average Bonchev–Trinajstić information content (AvgIpc) is 2.71. The van der Waals surface area contributed by atoms with Crippen LogP contribution in [-0.4, -0.2) is 9.97 Å². The van der Waals surface area contributed by atoms with E-state index in [0.29, 0.717) is 5.82 Å². The van der Waals surface area contributed by atoms with E-state index < -0.39 is 0 Å². The highest BCUT2D eigenvalue weighted by molar-refractivity contribution is 9.10. The summed E-state index contributed by atoms with van der Waals surface area (Å²) >= 11 is 5.24. The summed E-state index contributed by atoms with van der Waals surface area (Å²) in [6.07, 6.45) is 1.47. The number of rotatable bonds is 4. The maximum absolute atomic E-state index is 5.39. The maximum Gasteiger partial charge on any atom is 0.159 e. The second kappa shape index (κ2) is 5.85. The SMILES string of the molecule is Cc1cc(C(C)Nc2ncnc(NN)c2Br)c(C)s1. The van der Waals surface area contributed by atoms with Crippen LogP contribution < -0.4 is 16.6 Å². The Bertz CT molecular complexity index is 583. The standard InChI is InChI=1S/C12H16BrN5S/c1-6-4-9(8(3)19-6)7(2)17-11-10(13)12(18-14)16-5-15-11/h4-5,7H,14H2,1-3H3,(H2,15,16,17,18). The van der Waals surface area contributed by atoms with Gasteiger partial charge in [0.1, 0.15) is 16.6 Å². The summed E-state index contributed by atoms with van der Waals surface area (Å²) in [6, 6.07) is 2.37. The van der Waals surface area contributed by atoms with Crippen molar-refractivity contribution in [3.05, 3.63) is 32.2 Å². The van der Waals surface area contributed by atoms with E-state index in [1.807, 2.05) is 0 Å². The molecule has 2 heterocycles. The largest absolute Gasteiger partial charge is 0.362 e. The molecule has 0 radical (unpaired) electrons. The fourth-order valence-corrected chi connectivity index (χ4v) is 3.39. The van der Waals surface area contributed by atoms with Crippen LogP contribution in [0.3, 0.4) is 0 Å². The van der Waals surface area contributed by atoms with Gasteiger partial charge in [-0.2, -0.15) is 0 Å². The van der Waals surface area contributed by atoms with Gasteiger partial charge in [0, 0.05) is 9.75 Å². The Morgan fingerprint density at radius 1 is 1.32 bits per heavy atom. The first-order valence-electron chi connectivity index (χ1n) is 5.83. The Balaban J connectivity index is 2.24. The summed E-state index contributed by atoms with van der Waals surface area (Å²) in [7, 11) is 0. The van der Waals surface area contributed by atoms with Crippen LogP contribution in [0.1, 0.15) is 28.3 Å². The Labute approximate surface area is 124 Å². The highest BCUT2D eigenvalue weighted by Gasteiger charge is 2.14. The Morgan fingerprint density at radius 3 is 2.58 bits per heavy atom. The van der Waals surface area contributed by atoms with Crippen LogP contribution >= 0.6 is 27.3 Å².